The molecule has 2 heterocycles. The van der Waals surface area contributed by atoms with E-state index in [1.807, 2.05) is 0 Å². The molecule has 2 fully saturated rings. The van der Waals surface area contributed by atoms with E-state index in [-0.39, 0.29) is 31.5 Å². The van der Waals surface area contributed by atoms with Gasteiger partial charge in [-0.1, -0.05) is 11.6 Å². The number of amides is 2. The number of ether oxygens (including phenoxy) is 1. The molecule has 176 valence electrons. The van der Waals surface area contributed by atoms with E-state index in [4.69, 9.17) is 4.74 Å². The molecular formula is C21H36N4O5S. The minimum Gasteiger partial charge on any atom is -0.450 e. The molecule has 0 spiro atoms. The molecule has 1 atom stereocenters. The van der Waals surface area contributed by atoms with Gasteiger partial charge in [0.1, 0.15) is 0 Å². The summed E-state index contributed by atoms with van der Waals surface area (Å²) in [6, 6.07) is 0. The number of hydrogen-bond donors (Lipinski definition) is 1. The normalized spacial score (nSPS) is 23.8. The molecule has 3 rings (SSSR count). The van der Waals surface area contributed by atoms with Crippen LogP contribution in [-0.4, -0.2) is 86.3 Å². The van der Waals surface area contributed by atoms with Crippen LogP contribution in [0.4, 0.5) is 4.79 Å². The zero-order valence-electron chi connectivity index (χ0n) is 18.6. The third kappa shape index (κ3) is 6.43. The fourth-order valence-electron chi connectivity index (χ4n) is 4.47. The Bertz CT molecular complexity index is 762. The van der Waals surface area contributed by atoms with Gasteiger partial charge in [-0.2, -0.15) is 17.0 Å². The predicted molar refractivity (Wildman–Crippen MR) is 118 cm³/mol. The maximum atomic E-state index is 13.1. The van der Waals surface area contributed by atoms with Crippen LogP contribution in [0.3, 0.4) is 0 Å². The largest absolute Gasteiger partial charge is 0.450 e. The van der Waals surface area contributed by atoms with Gasteiger partial charge in [0.05, 0.1) is 12.5 Å². The third-order valence-electron chi connectivity index (χ3n) is 6.30. The summed E-state index contributed by atoms with van der Waals surface area (Å²) in [6.07, 6.45) is 8.86. The molecule has 3 aliphatic rings. The van der Waals surface area contributed by atoms with Gasteiger partial charge in [0.2, 0.25) is 5.91 Å². The molecular weight excluding hydrogens is 420 g/mol. The van der Waals surface area contributed by atoms with E-state index in [0.29, 0.717) is 45.6 Å². The smallest absolute Gasteiger partial charge is 0.409 e. The summed E-state index contributed by atoms with van der Waals surface area (Å²) in [5.74, 6) is -0.367. The molecule has 10 heteroatoms. The summed E-state index contributed by atoms with van der Waals surface area (Å²) < 4.78 is 34.1. The number of hydrogen-bond acceptors (Lipinski definition) is 5. The average Bonchev–Trinajstić information content (AvgIpc) is 2.80. The second-order valence-electron chi connectivity index (χ2n) is 8.44. The Labute approximate surface area is 185 Å². The van der Waals surface area contributed by atoms with Crippen molar-refractivity contribution >= 4 is 22.2 Å². The number of allylic oxidation sites excluding steroid dienone is 1. The topological polar surface area (TPSA) is 99.3 Å². The SMILES string of the molecule is CCOC(=O)N1CCN(S(=O)(=O)N2CCCC(C(=O)NCCC3=CCCCC3)C2)CC1. The lowest BCUT2D eigenvalue weighted by atomic mass is 9.96. The quantitative estimate of drug-likeness (QED) is 0.588. The van der Waals surface area contributed by atoms with Crippen molar-refractivity contribution in [1.29, 1.82) is 0 Å². The Morgan fingerprint density at radius 3 is 2.55 bits per heavy atom. The number of piperidine rings is 1. The van der Waals surface area contributed by atoms with Gasteiger partial charge in [0.15, 0.2) is 0 Å². The van der Waals surface area contributed by atoms with Crippen LogP contribution < -0.4 is 5.32 Å². The summed E-state index contributed by atoms with van der Waals surface area (Å²) in [5, 5.41) is 3.01. The number of piperazine rings is 1. The average molecular weight is 457 g/mol. The lowest BCUT2D eigenvalue weighted by molar-refractivity contribution is -0.126. The molecule has 1 N–H and O–H groups in total. The van der Waals surface area contributed by atoms with Crippen molar-refractivity contribution < 1.29 is 22.7 Å². The number of nitrogens with zero attached hydrogens (tertiary/aromatic N) is 3. The number of nitrogens with one attached hydrogen (secondary N) is 1. The van der Waals surface area contributed by atoms with Crippen molar-refractivity contribution in [3.05, 3.63) is 11.6 Å². The molecule has 0 aromatic carbocycles. The Morgan fingerprint density at radius 1 is 1.10 bits per heavy atom. The van der Waals surface area contributed by atoms with Gasteiger partial charge in [0.25, 0.3) is 10.2 Å². The lowest BCUT2D eigenvalue weighted by Crippen LogP contribution is -2.56. The van der Waals surface area contributed by atoms with Crippen molar-refractivity contribution in [1.82, 2.24) is 18.8 Å². The van der Waals surface area contributed by atoms with Crippen molar-refractivity contribution in [2.75, 3.05) is 52.4 Å². The highest BCUT2D eigenvalue weighted by Crippen LogP contribution is 2.23. The zero-order chi connectivity index (χ0) is 22.3. The standard InChI is InChI=1S/C21H36N4O5S/c1-2-30-21(27)23-13-15-24(16-14-23)31(28,29)25-12-6-9-19(17-25)20(26)22-11-10-18-7-4-3-5-8-18/h7,19H,2-6,8-17H2,1H3,(H,22,26). The van der Waals surface area contributed by atoms with Crippen LogP contribution in [0.25, 0.3) is 0 Å². The maximum Gasteiger partial charge on any atom is 0.409 e. The van der Waals surface area contributed by atoms with Crippen LogP contribution in [-0.2, 0) is 19.7 Å². The van der Waals surface area contributed by atoms with Gasteiger partial charge in [0, 0.05) is 45.8 Å². The Kier molecular flexibility index (Phi) is 8.74. The van der Waals surface area contributed by atoms with Crippen LogP contribution in [0, 0.1) is 5.92 Å². The van der Waals surface area contributed by atoms with Gasteiger partial charge in [-0.05, 0) is 51.9 Å². The number of carbonyl (C=O) groups is 2. The van der Waals surface area contributed by atoms with Crippen LogP contribution in [0.2, 0.25) is 0 Å². The lowest BCUT2D eigenvalue weighted by Gasteiger charge is -2.38. The van der Waals surface area contributed by atoms with Crippen LogP contribution in [0.15, 0.2) is 11.6 Å². The van der Waals surface area contributed by atoms with Gasteiger partial charge in [-0.15, -0.1) is 0 Å². The van der Waals surface area contributed by atoms with Crippen LogP contribution >= 0.6 is 0 Å². The van der Waals surface area contributed by atoms with Crippen LogP contribution in [0.5, 0.6) is 0 Å². The minimum atomic E-state index is -3.65. The third-order valence-corrected chi connectivity index (χ3v) is 8.30. The predicted octanol–water partition coefficient (Wildman–Crippen LogP) is 1.72. The molecule has 1 unspecified atom stereocenters. The molecule has 1 aliphatic carbocycles. The molecule has 0 saturated carbocycles. The Balaban J connectivity index is 1.48. The summed E-state index contributed by atoms with van der Waals surface area (Å²) in [7, 11) is -3.65. The molecule has 9 nitrogen and oxygen atoms in total. The first-order valence-electron chi connectivity index (χ1n) is 11.5. The van der Waals surface area contributed by atoms with Gasteiger partial charge in [-0.3, -0.25) is 4.79 Å². The molecule has 31 heavy (non-hydrogen) atoms. The van der Waals surface area contributed by atoms with Crippen LogP contribution in [0.1, 0.15) is 51.9 Å². The van der Waals surface area contributed by atoms with E-state index < -0.39 is 16.3 Å². The van der Waals surface area contributed by atoms with Gasteiger partial charge >= 0.3 is 6.09 Å². The molecule has 0 radical (unpaired) electrons. The van der Waals surface area contributed by atoms with Crippen molar-refractivity contribution in [2.45, 2.75) is 51.9 Å². The fraction of sp³-hybridized carbons (Fsp3) is 0.810. The summed E-state index contributed by atoms with van der Waals surface area (Å²) in [6.45, 7) is 4.40. The van der Waals surface area contributed by atoms with Crippen molar-refractivity contribution in [2.24, 2.45) is 5.92 Å². The second-order valence-corrected chi connectivity index (χ2v) is 10.4. The molecule has 2 aliphatic heterocycles. The highest BCUT2D eigenvalue weighted by Gasteiger charge is 2.37. The monoisotopic (exact) mass is 456 g/mol. The molecule has 0 aromatic rings. The molecule has 0 bridgehead atoms. The maximum absolute atomic E-state index is 13.1. The van der Waals surface area contributed by atoms with E-state index in [9.17, 15) is 18.0 Å². The summed E-state index contributed by atoms with van der Waals surface area (Å²) in [4.78, 5) is 26.0. The fourth-order valence-corrected chi connectivity index (χ4v) is 6.15. The van der Waals surface area contributed by atoms with E-state index in [1.165, 1.54) is 31.9 Å². The first kappa shape index (κ1) is 24.0. The van der Waals surface area contributed by atoms with E-state index >= 15 is 0 Å². The van der Waals surface area contributed by atoms with Gasteiger partial charge < -0.3 is 15.0 Å². The Hall–Kier alpha value is -1.65. The summed E-state index contributed by atoms with van der Waals surface area (Å²) >= 11 is 0. The molecule has 2 saturated heterocycles. The first-order valence-corrected chi connectivity index (χ1v) is 12.9. The van der Waals surface area contributed by atoms with E-state index in [0.717, 1.165) is 19.3 Å². The van der Waals surface area contributed by atoms with E-state index in [2.05, 4.69) is 11.4 Å². The first-order chi connectivity index (χ1) is 14.9. The highest BCUT2D eigenvalue weighted by molar-refractivity contribution is 7.86. The number of carbonyl (C=O) groups excluding carboxylic acids is 2. The second kappa shape index (κ2) is 11.3. The van der Waals surface area contributed by atoms with Crippen molar-refractivity contribution in [3.63, 3.8) is 0 Å². The Morgan fingerprint density at radius 2 is 1.87 bits per heavy atom. The zero-order valence-corrected chi connectivity index (χ0v) is 19.4. The minimum absolute atomic E-state index is 0.0524. The van der Waals surface area contributed by atoms with Crippen molar-refractivity contribution in [3.8, 4) is 0 Å². The molecule has 2 amide bonds. The highest BCUT2D eigenvalue weighted by atomic mass is 32.2. The number of rotatable bonds is 7. The van der Waals surface area contributed by atoms with Gasteiger partial charge in [-0.25, -0.2) is 4.79 Å². The summed E-state index contributed by atoms with van der Waals surface area (Å²) in [5.41, 5.74) is 1.42. The molecule has 0 aromatic heterocycles. The van der Waals surface area contributed by atoms with E-state index in [1.54, 1.807) is 6.92 Å².